The second-order valence-electron chi connectivity index (χ2n) is 4.56. The quantitative estimate of drug-likeness (QED) is 0.827. The minimum atomic E-state index is -0.110. The molecule has 0 aliphatic carbocycles. The first kappa shape index (κ1) is 12.7. The van der Waals surface area contributed by atoms with Crippen LogP contribution in [0.5, 0.6) is 0 Å². The average Bonchev–Trinajstić information content (AvgIpc) is 2.99. The molecule has 0 radical (unpaired) electrons. The lowest BCUT2D eigenvalue weighted by Gasteiger charge is -2.22. The maximum absolute atomic E-state index is 8.84. The van der Waals surface area contributed by atoms with Gasteiger partial charge in [0.25, 0.3) is 0 Å². The van der Waals surface area contributed by atoms with Crippen LogP contribution in [0.25, 0.3) is 11.5 Å². The Morgan fingerprint density at radius 2 is 2.39 bits per heavy atom. The van der Waals surface area contributed by atoms with Gasteiger partial charge in [-0.25, -0.2) is 4.98 Å². The highest BCUT2D eigenvalue weighted by Gasteiger charge is 2.25. The van der Waals surface area contributed by atoms with Gasteiger partial charge >= 0.3 is 0 Å². The Balaban J connectivity index is 2.14. The first-order chi connectivity index (χ1) is 8.67. The predicted molar refractivity (Wildman–Crippen MR) is 67.7 cm³/mol. The summed E-state index contributed by atoms with van der Waals surface area (Å²) in [5.74, 6) is 1.08. The Morgan fingerprint density at radius 3 is 3.00 bits per heavy atom. The molecule has 0 spiro atoms. The summed E-state index contributed by atoms with van der Waals surface area (Å²) in [7, 11) is 0. The molecule has 0 bridgehead atoms. The Hall–Kier alpha value is -1.74. The summed E-state index contributed by atoms with van der Waals surface area (Å²) >= 11 is 1.49. The average molecular weight is 262 g/mol. The van der Waals surface area contributed by atoms with Gasteiger partial charge in [0.05, 0.1) is 11.6 Å². The van der Waals surface area contributed by atoms with E-state index in [2.05, 4.69) is 35.0 Å². The Morgan fingerprint density at radius 1 is 1.56 bits per heavy atom. The summed E-state index contributed by atoms with van der Waals surface area (Å²) < 4.78 is 5.23. The van der Waals surface area contributed by atoms with Crippen molar-refractivity contribution < 1.29 is 4.52 Å². The van der Waals surface area contributed by atoms with Crippen LogP contribution >= 0.6 is 11.3 Å². The minimum Gasteiger partial charge on any atom is -0.339 e. The van der Waals surface area contributed by atoms with Gasteiger partial charge in [-0.15, -0.1) is 11.3 Å². The minimum absolute atomic E-state index is 0.110. The van der Waals surface area contributed by atoms with Crippen molar-refractivity contribution >= 4 is 11.3 Å². The molecule has 0 aromatic carbocycles. The molecule has 2 aromatic rings. The molecule has 0 saturated heterocycles. The SMILES string of the molecule is CCC(C)(CC#N)Cc1nc(-c2cscn2)no1. The zero-order valence-corrected chi connectivity index (χ0v) is 11.2. The zero-order valence-electron chi connectivity index (χ0n) is 10.4. The van der Waals surface area contributed by atoms with Gasteiger partial charge in [0.1, 0.15) is 5.69 Å². The lowest BCUT2D eigenvalue weighted by atomic mass is 9.81. The molecule has 0 aliphatic rings. The molecule has 18 heavy (non-hydrogen) atoms. The molecule has 5 nitrogen and oxygen atoms in total. The molecular weight excluding hydrogens is 248 g/mol. The van der Waals surface area contributed by atoms with E-state index in [0.717, 1.165) is 12.1 Å². The number of thiazole rings is 1. The molecule has 0 aliphatic heterocycles. The van der Waals surface area contributed by atoms with E-state index in [1.807, 2.05) is 5.38 Å². The van der Waals surface area contributed by atoms with Crippen LogP contribution in [0.1, 0.15) is 32.6 Å². The number of aromatic nitrogens is 3. The van der Waals surface area contributed by atoms with Crippen LogP contribution in [0.3, 0.4) is 0 Å². The van der Waals surface area contributed by atoms with Crippen molar-refractivity contribution in [3.8, 4) is 17.6 Å². The van der Waals surface area contributed by atoms with E-state index in [1.165, 1.54) is 11.3 Å². The summed E-state index contributed by atoms with van der Waals surface area (Å²) in [6, 6.07) is 2.21. The smallest absolute Gasteiger partial charge is 0.227 e. The highest BCUT2D eigenvalue weighted by atomic mass is 32.1. The van der Waals surface area contributed by atoms with Gasteiger partial charge in [0.15, 0.2) is 0 Å². The van der Waals surface area contributed by atoms with Crippen LogP contribution in [0.4, 0.5) is 0 Å². The Kier molecular flexibility index (Phi) is 3.72. The lowest BCUT2D eigenvalue weighted by molar-refractivity contribution is 0.266. The van der Waals surface area contributed by atoms with E-state index >= 15 is 0 Å². The largest absolute Gasteiger partial charge is 0.339 e. The monoisotopic (exact) mass is 262 g/mol. The van der Waals surface area contributed by atoms with Crippen molar-refractivity contribution in [3.05, 3.63) is 16.8 Å². The van der Waals surface area contributed by atoms with Gasteiger partial charge in [0.2, 0.25) is 11.7 Å². The van der Waals surface area contributed by atoms with Gasteiger partial charge in [-0.05, 0) is 11.8 Å². The molecule has 94 valence electrons. The van der Waals surface area contributed by atoms with Crippen LogP contribution in [0, 0.1) is 16.7 Å². The second-order valence-corrected chi connectivity index (χ2v) is 5.28. The van der Waals surface area contributed by atoms with Crippen molar-refractivity contribution in [2.24, 2.45) is 5.41 Å². The van der Waals surface area contributed by atoms with Crippen molar-refractivity contribution in [1.29, 1.82) is 5.26 Å². The molecule has 0 amide bonds. The lowest BCUT2D eigenvalue weighted by Crippen LogP contribution is -2.18. The van der Waals surface area contributed by atoms with Crippen molar-refractivity contribution in [1.82, 2.24) is 15.1 Å². The van der Waals surface area contributed by atoms with E-state index in [0.29, 0.717) is 24.6 Å². The molecule has 2 aromatic heterocycles. The van der Waals surface area contributed by atoms with Crippen LogP contribution in [-0.2, 0) is 6.42 Å². The first-order valence-electron chi connectivity index (χ1n) is 5.75. The van der Waals surface area contributed by atoms with Gasteiger partial charge < -0.3 is 4.52 Å². The van der Waals surface area contributed by atoms with Crippen LogP contribution in [0.2, 0.25) is 0 Å². The molecule has 0 saturated carbocycles. The van der Waals surface area contributed by atoms with E-state index in [1.54, 1.807) is 5.51 Å². The zero-order chi connectivity index (χ0) is 13.0. The fraction of sp³-hybridized carbons (Fsp3) is 0.500. The van der Waals surface area contributed by atoms with E-state index in [9.17, 15) is 0 Å². The van der Waals surface area contributed by atoms with Gasteiger partial charge in [-0.3, -0.25) is 0 Å². The molecule has 0 N–H and O–H groups in total. The van der Waals surface area contributed by atoms with E-state index < -0.39 is 0 Å². The maximum atomic E-state index is 8.84. The standard InChI is InChI=1S/C12H14N4OS/c1-3-12(2,4-5-13)6-10-15-11(16-17-10)9-7-18-8-14-9/h7-8H,3-4,6H2,1-2H3. The van der Waals surface area contributed by atoms with Crippen molar-refractivity contribution in [2.75, 3.05) is 0 Å². The van der Waals surface area contributed by atoms with Gasteiger partial charge in [-0.1, -0.05) is 19.0 Å². The van der Waals surface area contributed by atoms with E-state index in [4.69, 9.17) is 9.78 Å². The van der Waals surface area contributed by atoms with Crippen LogP contribution < -0.4 is 0 Å². The van der Waals surface area contributed by atoms with Crippen LogP contribution in [0.15, 0.2) is 15.4 Å². The Bertz CT molecular complexity index is 543. The summed E-state index contributed by atoms with van der Waals surface area (Å²) in [5.41, 5.74) is 2.35. The number of rotatable bonds is 5. The van der Waals surface area contributed by atoms with Gasteiger partial charge in [0, 0.05) is 18.2 Å². The number of hydrogen-bond acceptors (Lipinski definition) is 6. The summed E-state index contributed by atoms with van der Waals surface area (Å²) in [6.07, 6.45) is 2.00. The van der Waals surface area contributed by atoms with Gasteiger partial charge in [-0.2, -0.15) is 10.2 Å². The first-order valence-corrected chi connectivity index (χ1v) is 6.69. The maximum Gasteiger partial charge on any atom is 0.227 e. The molecule has 6 heteroatoms. The van der Waals surface area contributed by atoms with Crippen molar-refractivity contribution in [3.63, 3.8) is 0 Å². The molecule has 0 fully saturated rings. The second kappa shape index (κ2) is 5.27. The predicted octanol–water partition coefficient (Wildman–Crippen LogP) is 3.07. The summed E-state index contributed by atoms with van der Waals surface area (Å²) in [5, 5.41) is 14.6. The van der Waals surface area contributed by atoms with Crippen LogP contribution in [-0.4, -0.2) is 15.1 Å². The molecule has 2 rings (SSSR count). The molecule has 1 atom stereocenters. The highest BCUT2D eigenvalue weighted by Crippen LogP contribution is 2.30. The fourth-order valence-electron chi connectivity index (χ4n) is 1.62. The third-order valence-electron chi connectivity index (χ3n) is 3.07. The third-order valence-corrected chi connectivity index (χ3v) is 3.65. The number of nitriles is 1. The Labute approximate surface area is 109 Å². The fourth-order valence-corrected chi connectivity index (χ4v) is 2.15. The summed E-state index contributed by atoms with van der Waals surface area (Å²) in [4.78, 5) is 8.46. The highest BCUT2D eigenvalue weighted by molar-refractivity contribution is 7.07. The number of nitrogens with zero attached hydrogens (tertiary/aromatic N) is 4. The summed E-state index contributed by atoms with van der Waals surface area (Å²) in [6.45, 7) is 4.12. The third kappa shape index (κ3) is 2.74. The van der Waals surface area contributed by atoms with Crippen molar-refractivity contribution in [2.45, 2.75) is 33.1 Å². The van der Waals surface area contributed by atoms with E-state index in [-0.39, 0.29) is 5.41 Å². The molecular formula is C12H14N4OS. The molecule has 1 unspecified atom stereocenters. The number of hydrogen-bond donors (Lipinski definition) is 0. The topological polar surface area (TPSA) is 75.6 Å². The molecule has 2 heterocycles. The normalized spacial score (nSPS) is 14.1.